The van der Waals surface area contributed by atoms with Gasteiger partial charge in [-0.2, -0.15) is 0 Å². The van der Waals surface area contributed by atoms with Crippen molar-refractivity contribution in [2.75, 3.05) is 38.5 Å². The zero-order chi connectivity index (χ0) is 25.9. The Balaban J connectivity index is 1.28. The minimum atomic E-state index is -0.309. The van der Waals surface area contributed by atoms with Crippen molar-refractivity contribution in [1.29, 1.82) is 0 Å². The van der Waals surface area contributed by atoms with Crippen molar-refractivity contribution in [3.63, 3.8) is 0 Å². The molecule has 4 aromatic rings. The second-order valence-electron chi connectivity index (χ2n) is 8.79. The molecule has 1 aliphatic rings. The highest BCUT2D eigenvalue weighted by Crippen LogP contribution is 2.34. The van der Waals surface area contributed by atoms with Crippen molar-refractivity contribution in [1.82, 2.24) is 14.8 Å². The summed E-state index contributed by atoms with van der Waals surface area (Å²) in [7, 11) is 2.04. The van der Waals surface area contributed by atoms with E-state index in [0.29, 0.717) is 39.9 Å². The standard InChI is InChI=1S/C27H24Cl2N4O2S2/c1-32-10-12-33(13-11-32)26(35)20-5-3-2-4-19(20)25(34)30-18-7-9-23-24(15-18)37-27(31-23)36-16-17-6-8-21(28)22(29)14-17/h2-9,14-15H,10-13,16H2,1H3,(H,30,34). The molecule has 2 amide bonds. The lowest BCUT2D eigenvalue weighted by molar-refractivity contribution is 0.0660. The van der Waals surface area contributed by atoms with Crippen LogP contribution in [0.4, 0.5) is 5.69 Å². The van der Waals surface area contributed by atoms with Crippen molar-refractivity contribution in [3.8, 4) is 0 Å². The Hall–Kier alpha value is -2.62. The number of piperazine rings is 1. The molecule has 1 aliphatic heterocycles. The van der Waals surface area contributed by atoms with Gasteiger partial charge in [0.05, 0.1) is 31.4 Å². The summed E-state index contributed by atoms with van der Waals surface area (Å²) in [6.07, 6.45) is 0. The zero-order valence-electron chi connectivity index (χ0n) is 20.0. The highest BCUT2D eigenvalue weighted by atomic mass is 35.5. The molecule has 37 heavy (non-hydrogen) atoms. The number of rotatable bonds is 6. The summed E-state index contributed by atoms with van der Waals surface area (Å²) < 4.78 is 1.89. The van der Waals surface area contributed by atoms with Crippen LogP contribution in [0.15, 0.2) is 65.0 Å². The molecule has 2 heterocycles. The number of thiazole rings is 1. The van der Waals surface area contributed by atoms with Gasteiger partial charge in [-0.1, -0.05) is 53.2 Å². The number of carbonyl (C=O) groups excluding carboxylic acids is 2. The number of likely N-dealkylation sites (N-methyl/N-ethyl adjacent to an activating group) is 1. The summed E-state index contributed by atoms with van der Waals surface area (Å²) in [6, 6.07) is 18.2. The van der Waals surface area contributed by atoms with Crippen LogP contribution in [0.25, 0.3) is 10.2 Å². The van der Waals surface area contributed by atoms with Gasteiger partial charge >= 0.3 is 0 Å². The smallest absolute Gasteiger partial charge is 0.256 e. The maximum atomic E-state index is 13.2. The number of anilines is 1. The predicted octanol–water partition coefficient (Wildman–Crippen LogP) is 6.54. The summed E-state index contributed by atoms with van der Waals surface area (Å²) in [5.74, 6) is 0.301. The number of aromatic nitrogens is 1. The van der Waals surface area contributed by atoms with E-state index in [1.165, 1.54) is 0 Å². The van der Waals surface area contributed by atoms with Gasteiger partial charge in [0.15, 0.2) is 4.34 Å². The van der Waals surface area contributed by atoms with E-state index in [0.717, 1.165) is 39.0 Å². The Morgan fingerprint density at radius 1 is 0.973 bits per heavy atom. The van der Waals surface area contributed by atoms with E-state index in [1.54, 1.807) is 53.4 Å². The first-order chi connectivity index (χ1) is 17.9. The van der Waals surface area contributed by atoms with Gasteiger partial charge in [-0.3, -0.25) is 9.59 Å². The SMILES string of the molecule is CN1CCN(C(=O)c2ccccc2C(=O)Nc2ccc3nc(SCc4ccc(Cl)c(Cl)c4)sc3c2)CC1. The molecule has 3 aromatic carbocycles. The molecule has 6 nitrogen and oxygen atoms in total. The molecule has 1 N–H and O–H groups in total. The molecule has 1 saturated heterocycles. The Morgan fingerprint density at radius 2 is 1.73 bits per heavy atom. The largest absolute Gasteiger partial charge is 0.336 e. The lowest BCUT2D eigenvalue weighted by Gasteiger charge is -2.32. The number of carbonyl (C=O) groups is 2. The molecular weight excluding hydrogens is 547 g/mol. The van der Waals surface area contributed by atoms with Gasteiger partial charge in [0.1, 0.15) is 0 Å². The molecule has 0 aliphatic carbocycles. The number of benzene rings is 3. The van der Waals surface area contributed by atoms with E-state index >= 15 is 0 Å². The molecule has 0 spiro atoms. The van der Waals surface area contributed by atoms with Gasteiger partial charge in [0.25, 0.3) is 11.8 Å². The second-order valence-corrected chi connectivity index (χ2v) is 11.9. The molecule has 0 atom stereocenters. The molecule has 1 fully saturated rings. The quantitative estimate of drug-likeness (QED) is 0.267. The minimum Gasteiger partial charge on any atom is -0.336 e. The van der Waals surface area contributed by atoms with Gasteiger partial charge in [-0.15, -0.1) is 11.3 Å². The highest BCUT2D eigenvalue weighted by Gasteiger charge is 2.24. The van der Waals surface area contributed by atoms with Crippen molar-refractivity contribution < 1.29 is 9.59 Å². The van der Waals surface area contributed by atoms with Crippen LogP contribution < -0.4 is 5.32 Å². The average Bonchev–Trinajstić information content (AvgIpc) is 3.31. The van der Waals surface area contributed by atoms with Gasteiger partial charge in [0, 0.05) is 37.6 Å². The van der Waals surface area contributed by atoms with Crippen molar-refractivity contribution >= 4 is 74.0 Å². The topological polar surface area (TPSA) is 65.5 Å². The maximum absolute atomic E-state index is 13.2. The fourth-order valence-electron chi connectivity index (χ4n) is 4.06. The number of hydrogen-bond acceptors (Lipinski definition) is 6. The third kappa shape index (κ3) is 6.10. The fourth-order valence-corrected chi connectivity index (χ4v) is 6.43. The van der Waals surface area contributed by atoms with Crippen molar-refractivity contribution in [3.05, 3.63) is 87.4 Å². The first-order valence-corrected chi connectivity index (χ1v) is 14.3. The monoisotopic (exact) mass is 570 g/mol. The third-order valence-electron chi connectivity index (χ3n) is 6.17. The summed E-state index contributed by atoms with van der Waals surface area (Å²) in [4.78, 5) is 35.1. The summed E-state index contributed by atoms with van der Waals surface area (Å²) in [5, 5.41) is 4.04. The maximum Gasteiger partial charge on any atom is 0.256 e. The zero-order valence-corrected chi connectivity index (χ0v) is 23.2. The van der Waals surface area contributed by atoms with E-state index in [4.69, 9.17) is 28.2 Å². The van der Waals surface area contributed by atoms with Crippen LogP contribution >= 0.6 is 46.3 Å². The van der Waals surface area contributed by atoms with E-state index in [2.05, 4.69) is 10.2 Å². The number of amides is 2. The summed E-state index contributed by atoms with van der Waals surface area (Å²) in [6.45, 7) is 2.95. The van der Waals surface area contributed by atoms with E-state index in [9.17, 15) is 9.59 Å². The lowest BCUT2D eigenvalue weighted by atomic mass is 10.0. The first-order valence-electron chi connectivity index (χ1n) is 11.7. The molecule has 0 saturated carbocycles. The Kier molecular flexibility index (Phi) is 8.02. The number of nitrogens with one attached hydrogen (secondary N) is 1. The van der Waals surface area contributed by atoms with Crippen LogP contribution in [0.1, 0.15) is 26.3 Å². The van der Waals surface area contributed by atoms with Crippen LogP contribution in [0.2, 0.25) is 10.0 Å². The van der Waals surface area contributed by atoms with Gasteiger partial charge in [-0.05, 0) is 55.1 Å². The summed E-state index contributed by atoms with van der Waals surface area (Å²) in [5.41, 5.74) is 3.38. The lowest BCUT2D eigenvalue weighted by Crippen LogP contribution is -2.47. The summed E-state index contributed by atoms with van der Waals surface area (Å²) >= 11 is 15.3. The molecular formula is C27H24Cl2N4O2S2. The Labute approximate surface area is 233 Å². The number of hydrogen-bond donors (Lipinski definition) is 1. The molecule has 5 rings (SSSR count). The normalized spacial score (nSPS) is 14.2. The van der Waals surface area contributed by atoms with Gasteiger partial charge in [-0.25, -0.2) is 4.98 Å². The van der Waals surface area contributed by atoms with Crippen molar-refractivity contribution in [2.45, 2.75) is 10.1 Å². The molecule has 0 radical (unpaired) electrons. The number of thioether (sulfide) groups is 1. The minimum absolute atomic E-state index is 0.111. The van der Waals surface area contributed by atoms with Crippen LogP contribution in [0.5, 0.6) is 0 Å². The molecule has 0 bridgehead atoms. The third-order valence-corrected chi connectivity index (χ3v) is 9.14. The van der Waals surface area contributed by atoms with E-state index in [1.807, 2.05) is 42.3 Å². The van der Waals surface area contributed by atoms with Crippen LogP contribution in [0, 0.1) is 0 Å². The van der Waals surface area contributed by atoms with Crippen molar-refractivity contribution in [2.24, 2.45) is 0 Å². The average molecular weight is 572 g/mol. The van der Waals surface area contributed by atoms with Crippen LogP contribution in [-0.4, -0.2) is 59.8 Å². The van der Waals surface area contributed by atoms with Gasteiger partial charge in [0.2, 0.25) is 0 Å². The van der Waals surface area contributed by atoms with Crippen LogP contribution in [-0.2, 0) is 5.75 Å². The van der Waals surface area contributed by atoms with Crippen LogP contribution in [0.3, 0.4) is 0 Å². The number of fused-ring (bicyclic) bond motifs is 1. The fraction of sp³-hybridized carbons (Fsp3) is 0.222. The first kappa shape index (κ1) is 26.0. The molecule has 0 unspecified atom stereocenters. The Morgan fingerprint density at radius 3 is 2.49 bits per heavy atom. The van der Waals surface area contributed by atoms with E-state index in [-0.39, 0.29) is 11.8 Å². The number of nitrogens with zero attached hydrogens (tertiary/aromatic N) is 3. The second kappa shape index (κ2) is 11.4. The predicted molar refractivity (Wildman–Crippen MR) is 153 cm³/mol. The molecule has 10 heteroatoms. The highest BCUT2D eigenvalue weighted by molar-refractivity contribution is 8.00. The molecule has 1 aromatic heterocycles. The Bertz CT molecular complexity index is 1470. The van der Waals surface area contributed by atoms with Gasteiger partial charge < -0.3 is 15.1 Å². The number of halogens is 2. The molecule has 190 valence electrons. The van der Waals surface area contributed by atoms with E-state index < -0.39 is 0 Å².